The molecule has 1 fully saturated rings. The highest BCUT2D eigenvalue weighted by molar-refractivity contribution is 7.17. The summed E-state index contributed by atoms with van der Waals surface area (Å²) in [6.45, 7) is 5.38. The van der Waals surface area contributed by atoms with Crippen LogP contribution in [-0.2, 0) is 25.5 Å². The second-order valence-corrected chi connectivity index (χ2v) is 10.3. The number of fused-ring (bicyclic) bond motifs is 1. The van der Waals surface area contributed by atoms with Crippen LogP contribution in [0.15, 0.2) is 48.0 Å². The number of rotatable bonds is 6. The van der Waals surface area contributed by atoms with Crippen molar-refractivity contribution in [2.75, 3.05) is 18.6 Å². The maximum atomic E-state index is 13.5. The van der Waals surface area contributed by atoms with Crippen molar-refractivity contribution >= 4 is 45.9 Å². The first-order valence-electron chi connectivity index (χ1n) is 12.6. The number of hydrogen-bond acceptors (Lipinski definition) is 10. The van der Waals surface area contributed by atoms with E-state index in [9.17, 15) is 24.3 Å². The minimum Gasteiger partial charge on any atom is -0.507 e. The number of amides is 1. The van der Waals surface area contributed by atoms with Gasteiger partial charge in [0, 0.05) is 12.0 Å². The topological polar surface area (TPSA) is 132 Å². The van der Waals surface area contributed by atoms with Gasteiger partial charge in [0.15, 0.2) is 5.13 Å². The number of hydrogen-bond donors (Lipinski definition) is 1. The summed E-state index contributed by atoms with van der Waals surface area (Å²) in [4.78, 5) is 57.3. The zero-order valence-corrected chi connectivity index (χ0v) is 23.0. The smallest absolute Gasteiger partial charge is 0.350 e. The first kappa shape index (κ1) is 27.1. The second kappa shape index (κ2) is 10.6. The fourth-order valence-corrected chi connectivity index (χ4v) is 5.85. The molecule has 3 aromatic rings. The number of ketones is 1. The molecule has 10 nitrogen and oxygen atoms in total. The third kappa shape index (κ3) is 4.62. The number of aliphatic hydroxyl groups is 1. The van der Waals surface area contributed by atoms with Crippen molar-refractivity contribution in [3.05, 3.63) is 80.9 Å². The molecular weight excluding hydrogens is 536 g/mol. The number of anilines is 1. The lowest BCUT2D eigenvalue weighted by molar-refractivity contribution is -0.132. The molecule has 2 aromatic carbocycles. The van der Waals surface area contributed by atoms with Gasteiger partial charge in [-0.05, 0) is 62.2 Å². The number of aliphatic hydroxyl groups excluding tert-OH is 1. The quantitative estimate of drug-likeness (QED) is 0.201. The van der Waals surface area contributed by atoms with E-state index in [2.05, 4.69) is 4.98 Å². The molecule has 5 rings (SSSR count). The SMILES string of the molecule is CCOC(=O)c1sc(N2C(=O)C(=O)C(=C(O)c3ccc4c(c3)C[C@H](C)O4)[C@H]2c2ccc(C(=O)OC)cc2)nc1C. The van der Waals surface area contributed by atoms with Crippen LogP contribution in [0.1, 0.15) is 62.3 Å². The number of carbonyl (C=O) groups is 4. The zero-order chi connectivity index (χ0) is 28.7. The molecule has 1 aromatic heterocycles. The Morgan fingerprint density at radius 1 is 1.12 bits per heavy atom. The molecule has 0 saturated carbocycles. The van der Waals surface area contributed by atoms with E-state index >= 15 is 0 Å². The van der Waals surface area contributed by atoms with Crippen LogP contribution in [0.3, 0.4) is 0 Å². The summed E-state index contributed by atoms with van der Waals surface area (Å²) >= 11 is 0.919. The van der Waals surface area contributed by atoms with Gasteiger partial charge < -0.3 is 19.3 Å². The van der Waals surface area contributed by atoms with Crippen LogP contribution < -0.4 is 9.64 Å². The molecule has 0 unspecified atom stereocenters. The van der Waals surface area contributed by atoms with Gasteiger partial charge in [0.05, 0.1) is 36.6 Å². The van der Waals surface area contributed by atoms with Crippen LogP contribution in [0.25, 0.3) is 5.76 Å². The van der Waals surface area contributed by atoms with E-state index in [1.54, 1.807) is 44.2 Å². The highest BCUT2D eigenvalue weighted by Gasteiger charge is 2.48. The number of aryl methyl sites for hydroxylation is 1. The summed E-state index contributed by atoms with van der Waals surface area (Å²) in [5.74, 6) is -2.62. The average molecular weight is 563 g/mol. The first-order chi connectivity index (χ1) is 19.1. The van der Waals surface area contributed by atoms with E-state index in [1.165, 1.54) is 24.1 Å². The van der Waals surface area contributed by atoms with E-state index in [4.69, 9.17) is 14.2 Å². The molecule has 0 spiro atoms. The fourth-order valence-electron chi connectivity index (χ4n) is 4.86. The van der Waals surface area contributed by atoms with Gasteiger partial charge in [-0.15, -0.1) is 0 Å². The van der Waals surface area contributed by atoms with Crippen LogP contribution in [0.2, 0.25) is 0 Å². The molecule has 0 radical (unpaired) electrons. The largest absolute Gasteiger partial charge is 0.507 e. The molecule has 2 atom stereocenters. The van der Waals surface area contributed by atoms with Crippen LogP contribution in [-0.4, -0.2) is 53.5 Å². The second-order valence-electron chi connectivity index (χ2n) is 9.37. The summed E-state index contributed by atoms with van der Waals surface area (Å²) in [7, 11) is 1.26. The summed E-state index contributed by atoms with van der Waals surface area (Å²) in [5.41, 5.74) is 2.14. The standard InChI is InChI=1S/C29H26N2O8S/c1-5-38-28(36)25-15(3)30-29(40-25)31-22(16-6-8-17(9-7-16)27(35)37-4)21(24(33)26(31)34)23(32)18-10-11-20-19(13-18)12-14(2)39-20/h6-11,13-14,22,32H,5,12H2,1-4H3/t14-,22+/m0/s1. The molecule has 2 aliphatic heterocycles. The average Bonchev–Trinajstić information content (AvgIpc) is 3.59. The number of Topliss-reactive ketones (excluding diaryl/α,β-unsaturated/α-hetero) is 1. The summed E-state index contributed by atoms with van der Waals surface area (Å²) in [6.07, 6.45) is 0.617. The number of aromatic nitrogens is 1. The molecule has 1 saturated heterocycles. The van der Waals surface area contributed by atoms with Crippen molar-refractivity contribution in [1.82, 2.24) is 4.98 Å². The third-order valence-corrected chi connectivity index (χ3v) is 7.85. The maximum Gasteiger partial charge on any atom is 0.350 e. The Hall–Kier alpha value is -4.51. The minimum atomic E-state index is -1.09. The molecular formula is C29H26N2O8S. The number of esters is 2. The monoisotopic (exact) mass is 562 g/mol. The number of thiazole rings is 1. The Balaban J connectivity index is 1.66. The highest BCUT2D eigenvalue weighted by Crippen LogP contribution is 2.44. The lowest BCUT2D eigenvalue weighted by Crippen LogP contribution is -2.29. The number of benzene rings is 2. The molecule has 40 heavy (non-hydrogen) atoms. The first-order valence-corrected chi connectivity index (χ1v) is 13.4. The predicted molar refractivity (Wildman–Crippen MR) is 146 cm³/mol. The van der Waals surface area contributed by atoms with Gasteiger partial charge >= 0.3 is 17.8 Å². The molecule has 1 amide bonds. The van der Waals surface area contributed by atoms with E-state index in [0.717, 1.165) is 16.9 Å². The summed E-state index contributed by atoms with van der Waals surface area (Å²) in [6, 6.07) is 10.2. The van der Waals surface area contributed by atoms with Gasteiger partial charge in [0.2, 0.25) is 0 Å². The van der Waals surface area contributed by atoms with Gasteiger partial charge in [0.1, 0.15) is 22.5 Å². The van der Waals surface area contributed by atoms with Gasteiger partial charge in [0.25, 0.3) is 5.78 Å². The van der Waals surface area contributed by atoms with Crippen LogP contribution in [0, 0.1) is 6.92 Å². The molecule has 2 aliphatic rings. The van der Waals surface area contributed by atoms with Gasteiger partial charge in [-0.3, -0.25) is 14.5 Å². The molecule has 3 heterocycles. The number of methoxy groups -OCH3 is 1. The Bertz CT molecular complexity index is 1570. The van der Waals surface area contributed by atoms with Gasteiger partial charge in [-0.1, -0.05) is 23.5 Å². The Morgan fingerprint density at radius 2 is 1.82 bits per heavy atom. The van der Waals surface area contributed by atoms with Gasteiger partial charge in [-0.25, -0.2) is 14.6 Å². The number of carbonyl (C=O) groups excluding carboxylic acids is 4. The highest BCUT2D eigenvalue weighted by atomic mass is 32.1. The Labute approximate surface area is 233 Å². The predicted octanol–water partition coefficient (Wildman–Crippen LogP) is 4.36. The molecule has 1 N–H and O–H groups in total. The minimum absolute atomic E-state index is 0.0203. The zero-order valence-electron chi connectivity index (χ0n) is 22.2. The molecule has 206 valence electrons. The van der Waals surface area contributed by atoms with E-state index in [0.29, 0.717) is 29.0 Å². The van der Waals surface area contributed by atoms with Crippen molar-refractivity contribution < 1.29 is 38.5 Å². The van der Waals surface area contributed by atoms with Crippen molar-refractivity contribution in [3.63, 3.8) is 0 Å². The van der Waals surface area contributed by atoms with Crippen molar-refractivity contribution in [2.24, 2.45) is 0 Å². The lowest BCUT2D eigenvalue weighted by atomic mass is 9.94. The van der Waals surface area contributed by atoms with Gasteiger partial charge in [-0.2, -0.15) is 0 Å². The van der Waals surface area contributed by atoms with Crippen molar-refractivity contribution in [1.29, 1.82) is 0 Å². The van der Waals surface area contributed by atoms with Crippen LogP contribution >= 0.6 is 11.3 Å². The maximum absolute atomic E-state index is 13.5. The number of nitrogens with zero attached hydrogens (tertiary/aromatic N) is 2. The summed E-state index contributed by atoms with van der Waals surface area (Å²) < 4.78 is 15.6. The van der Waals surface area contributed by atoms with E-state index in [-0.39, 0.29) is 39.6 Å². The van der Waals surface area contributed by atoms with E-state index in [1.807, 2.05) is 6.92 Å². The van der Waals surface area contributed by atoms with Crippen LogP contribution in [0.5, 0.6) is 5.75 Å². The Morgan fingerprint density at radius 3 is 2.50 bits per heavy atom. The molecule has 0 bridgehead atoms. The fraction of sp³-hybridized carbons (Fsp3) is 0.276. The summed E-state index contributed by atoms with van der Waals surface area (Å²) in [5, 5.41) is 11.6. The lowest BCUT2D eigenvalue weighted by Gasteiger charge is -2.23. The van der Waals surface area contributed by atoms with Crippen molar-refractivity contribution in [3.8, 4) is 5.75 Å². The van der Waals surface area contributed by atoms with E-state index < -0.39 is 29.7 Å². The number of ether oxygens (including phenoxy) is 3. The van der Waals surface area contributed by atoms with Crippen molar-refractivity contribution in [2.45, 2.75) is 39.3 Å². The molecule has 11 heteroatoms. The third-order valence-electron chi connectivity index (χ3n) is 6.71. The normalized spacial score (nSPS) is 19.4. The Kier molecular flexibility index (Phi) is 7.16. The molecule has 0 aliphatic carbocycles. The van der Waals surface area contributed by atoms with Crippen LogP contribution in [0.4, 0.5) is 5.13 Å².